The number of hydrogen-bond acceptors (Lipinski definition) is 4. The first-order valence-electron chi connectivity index (χ1n) is 10.1. The van der Waals surface area contributed by atoms with E-state index in [-0.39, 0.29) is 24.1 Å². The van der Waals surface area contributed by atoms with Crippen LogP contribution in [-0.4, -0.2) is 18.5 Å². The Bertz CT molecular complexity index is 1020. The quantitative estimate of drug-likeness (QED) is 0.552. The van der Waals surface area contributed by atoms with Crippen LogP contribution in [0.25, 0.3) is 0 Å². The third kappa shape index (κ3) is 5.38. The first-order valence-corrected chi connectivity index (χ1v) is 10.1. The van der Waals surface area contributed by atoms with Crippen LogP contribution in [0.15, 0.2) is 52.9 Å². The summed E-state index contributed by atoms with van der Waals surface area (Å²) in [6.45, 7) is 8.42. The van der Waals surface area contributed by atoms with Gasteiger partial charge in [-0.25, -0.2) is 0 Å². The summed E-state index contributed by atoms with van der Waals surface area (Å²) >= 11 is 0. The summed E-state index contributed by atoms with van der Waals surface area (Å²) < 4.78 is 10.7. The van der Waals surface area contributed by atoms with E-state index in [9.17, 15) is 9.59 Å². The molecular formula is C25H27NO4. The van der Waals surface area contributed by atoms with Gasteiger partial charge in [0.05, 0.1) is 13.0 Å². The van der Waals surface area contributed by atoms with Crippen LogP contribution >= 0.6 is 0 Å². The molecule has 1 aromatic heterocycles. The van der Waals surface area contributed by atoms with E-state index < -0.39 is 0 Å². The molecule has 0 fully saturated rings. The highest BCUT2D eigenvalue weighted by Crippen LogP contribution is 2.22. The number of amides is 1. The fraction of sp³-hybridized carbons (Fsp3) is 0.280. The van der Waals surface area contributed by atoms with Crippen LogP contribution in [0.2, 0.25) is 0 Å². The Morgan fingerprint density at radius 2 is 1.63 bits per heavy atom. The SMILES string of the molecule is CCOC(=O)Cc1ccc(NC(=O)c2ccc(Cc3c(C)cc(C)cc3C)o2)cc1. The van der Waals surface area contributed by atoms with Gasteiger partial charge in [-0.1, -0.05) is 29.8 Å². The lowest BCUT2D eigenvalue weighted by molar-refractivity contribution is -0.142. The number of aryl methyl sites for hydroxylation is 3. The van der Waals surface area contributed by atoms with Crippen molar-refractivity contribution >= 4 is 17.6 Å². The summed E-state index contributed by atoms with van der Waals surface area (Å²) in [4.78, 5) is 24.1. The maximum atomic E-state index is 12.5. The number of ether oxygens (including phenoxy) is 1. The smallest absolute Gasteiger partial charge is 0.310 e. The van der Waals surface area contributed by atoms with Crippen molar-refractivity contribution in [3.8, 4) is 0 Å². The molecule has 5 nitrogen and oxygen atoms in total. The molecule has 1 N–H and O–H groups in total. The van der Waals surface area contributed by atoms with Gasteiger partial charge in [-0.05, 0) is 74.2 Å². The van der Waals surface area contributed by atoms with Crippen LogP contribution in [0.5, 0.6) is 0 Å². The second-order valence-electron chi connectivity index (χ2n) is 7.45. The van der Waals surface area contributed by atoms with Gasteiger partial charge in [0.25, 0.3) is 5.91 Å². The number of benzene rings is 2. The van der Waals surface area contributed by atoms with Crippen molar-refractivity contribution in [3.05, 3.63) is 87.9 Å². The fourth-order valence-corrected chi connectivity index (χ4v) is 3.54. The van der Waals surface area contributed by atoms with Crippen LogP contribution in [-0.2, 0) is 22.4 Å². The van der Waals surface area contributed by atoms with E-state index in [1.54, 1.807) is 37.3 Å². The van der Waals surface area contributed by atoms with E-state index in [0.717, 1.165) is 11.3 Å². The summed E-state index contributed by atoms with van der Waals surface area (Å²) in [6, 6.07) is 15.0. The lowest BCUT2D eigenvalue weighted by Crippen LogP contribution is -2.11. The normalized spacial score (nSPS) is 10.7. The number of furan rings is 1. The highest BCUT2D eigenvalue weighted by molar-refractivity contribution is 6.02. The molecule has 0 atom stereocenters. The minimum Gasteiger partial charge on any atom is -0.466 e. The molecule has 0 unspecified atom stereocenters. The van der Waals surface area contributed by atoms with Crippen LogP contribution in [0.3, 0.4) is 0 Å². The molecule has 1 heterocycles. The molecular weight excluding hydrogens is 378 g/mol. The highest BCUT2D eigenvalue weighted by Gasteiger charge is 2.14. The Balaban J connectivity index is 1.63. The molecule has 0 saturated heterocycles. The van der Waals surface area contributed by atoms with Crippen molar-refractivity contribution in [2.75, 3.05) is 11.9 Å². The van der Waals surface area contributed by atoms with Gasteiger partial charge in [0.2, 0.25) is 0 Å². The number of rotatable bonds is 7. The van der Waals surface area contributed by atoms with Crippen LogP contribution in [0.4, 0.5) is 5.69 Å². The Kier molecular flexibility index (Phi) is 6.72. The zero-order valence-corrected chi connectivity index (χ0v) is 17.9. The predicted octanol–water partition coefficient (Wildman–Crippen LogP) is 5.15. The number of nitrogens with one attached hydrogen (secondary N) is 1. The Labute approximate surface area is 177 Å². The molecule has 0 bridgehead atoms. The number of anilines is 1. The molecule has 0 aliphatic carbocycles. The fourth-order valence-electron chi connectivity index (χ4n) is 3.54. The number of esters is 1. The van der Waals surface area contributed by atoms with Gasteiger partial charge in [-0.3, -0.25) is 9.59 Å². The topological polar surface area (TPSA) is 68.5 Å². The first kappa shape index (κ1) is 21.4. The van der Waals surface area contributed by atoms with Gasteiger partial charge >= 0.3 is 5.97 Å². The highest BCUT2D eigenvalue weighted by atomic mass is 16.5. The van der Waals surface area contributed by atoms with Crippen LogP contribution in [0.1, 0.15) is 51.1 Å². The Hall–Kier alpha value is -3.34. The van der Waals surface area contributed by atoms with Gasteiger partial charge in [0.15, 0.2) is 5.76 Å². The number of hydrogen-bond donors (Lipinski definition) is 1. The average molecular weight is 405 g/mol. The first-order chi connectivity index (χ1) is 14.4. The monoisotopic (exact) mass is 405 g/mol. The predicted molar refractivity (Wildman–Crippen MR) is 117 cm³/mol. The second-order valence-corrected chi connectivity index (χ2v) is 7.45. The third-order valence-electron chi connectivity index (χ3n) is 4.94. The Morgan fingerprint density at radius 1 is 0.967 bits per heavy atom. The zero-order chi connectivity index (χ0) is 21.7. The second kappa shape index (κ2) is 9.44. The lowest BCUT2D eigenvalue weighted by atomic mass is 9.97. The van der Waals surface area contributed by atoms with E-state index in [0.29, 0.717) is 18.7 Å². The van der Waals surface area contributed by atoms with Crippen molar-refractivity contribution < 1.29 is 18.7 Å². The third-order valence-corrected chi connectivity index (χ3v) is 4.94. The summed E-state index contributed by atoms with van der Waals surface area (Å²) in [7, 11) is 0. The summed E-state index contributed by atoms with van der Waals surface area (Å²) in [5.41, 5.74) is 6.36. The van der Waals surface area contributed by atoms with Gasteiger partial charge in [-0.15, -0.1) is 0 Å². The summed E-state index contributed by atoms with van der Waals surface area (Å²) in [5.74, 6) is 0.441. The number of carbonyl (C=O) groups is 2. The molecule has 0 radical (unpaired) electrons. The molecule has 0 aliphatic heterocycles. The molecule has 0 saturated carbocycles. The molecule has 0 aliphatic rings. The van der Waals surface area contributed by atoms with Gasteiger partial charge in [0, 0.05) is 12.1 Å². The maximum Gasteiger partial charge on any atom is 0.310 e. The summed E-state index contributed by atoms with van der Waals surface area (Å²) in [6.07, 6.45) is 0.856. The van der Waals surface area contributed by atoms with E-state index in [4.69, 9.17) is 9.15 Å². The maximum absolute atomic E-state index is 12.5. The van der Waals surface area contributed by atoms with Crippen molar-refractivity contribution in [2.45, 2.75) is 40.5 Å². The van der Waals surface area contributed by atoms with Crippen molar-refractivity contribution in [2.24, 2.45) is 0 Å². The lowest BCUT2D eigenvalue weighted by Gasteiger charge is -2.10. The summed E-state index contributed by atoms with van der Waals surface area (Å²) in [5, 5.41) is 2.82. The molecule has 5 heteroatoms. The van der Waals surface area contributed by atoms with Crippen molar-refractivity contribution in [1.29, 1.82) is 0 Å². The van der Waals surface area contributed by atoms with Crippen LogP contribution < -0.4 is 5.32 Å². The van der Waals surface area contributed by atoms with Crippen LogP contribution in [0, 0.1) is 20.8 Å². The standard InChI is InChI=1S/C25H27NO4/c1-5-29-24(27)14-19-6-8-20(9-7-19)26-25(28)23-11-10-21(30-23)15-22-17(3)12-16(2)13-18(22)4/h6-13H,5,14-15H2,1-4H3,(H,26,28). The van der Waals surface area contributed by atoms with Gasteiger partial charge in [0.1, 0.15) is 5.76 Å². The minimum atomic E-state index is -0.309. The van der Waals surface area contributed by atoms with Gasteiger partial charge in [-0.2, -0.15) is 0 Å². The van der Waals surface area contributed by atoms with E-state index in [2.05, 4.69) is 38.2 Å². The molecule has 0 spiro atoms. The van der Waals surface area contributed by atoms with Gasteiger partial charge < -0.3 is 14.5 Å². The largest absolute Gasteiger partial charge is 0.466 e. The molecule has 3 rings (SSSR count). The van der Waals surface area contributed by atoms with Crippen molar-refractivity contribution in [1.82, 2.24) is 0 Å². The Morgan fingerprint density at radius 3 is 2.27 bits per heavy atom. The molecule has 2 aromatic carbocycles. The average Bonchev–Trinajstić information content (AvgIpc) is 3.15. The molecule has 3 aromatic rings. The molecule has 1 amide bonds. The van der Waals surface area contributed by atoms with E-state index in [1.165, 1.54) is 22.3 Å². The zero-order valence-electron chi connectivity index (χ0n) is 17.9. The molecule has 156 valence electrons. The molecule has 30 heavy (non-hydrogen) atoms. The minimum absolute atomic E-state index is 0.210. The van der Waals surface area contributed by atoms with E-state index >= 15 is 0 Å². The van der Waals surface area contributed by atoms with E-state index in [1.807, 2.05) is 6.07 Å². The van der Waals surface area contributed by atoms with Crippen molar-refractivity contribution in [3.63, 3.8) is 0 Å². The number of carbonyl (C=O) groups excluding carboxylic acids is 2.